The van der Waals surface area contributed by atoms with Crippen molar-refractivity contribution in [1.82, 2.24) is 20.9 Å². The Labute approximate surface area is 205 Å². The number of benzene rings is 1. The quantitative estimate of drug-likeness (QED) is 0.335. The molecule has 1 unspecified atom stereocenters. The van der Waals surface area contributed by atoms with Crippen molar-refractivity contribution in [2.75, 3.05) is 6.54 Å². The van der Waals surface area contributed by atoms with Gasteiger partial charge in [-0.1, -0.05) is 56.9 Å². The zero-order valence-electron chi connectivity index (χ0n) is 20.1. The predicted octanol–water partition coefficient (Wildman–Crippen LogP) is 2.79. The Morgan fingerprint density at radius 2 is 1.83 bits per heavy atom. The van der Waals surface area contributed by atoms with E-state index in [1.54, 1.807) is 6.07 Å². The number of aromatic amines is 1. The third kappa shape index (κ3) is 6.38. The van der Waals surface area contributed by atoms with Gasteiger partial charge in [0.2, 0.25) is 5.91 Å². The van der Waals surface area contributed by atoms with Crippen molar-refractivity contribution >= 4 is 28.5 Å². The van der Waals surface area contributed by atoms with Crippen molar-refractivity contribution in [2.45, 2.75) is 69.7 Å². The molecular formula is C27H36N4O4. The maximum atomic E-state index is 13.4. The number of aromatic nitrogens is 1. The normalized spacial score (nSPS) is 22.4. The van der Waals surface area contributed by atoms with Gasteiger partial charge in [-0.2, -0.15) is 0 Å². The lowest BCUT2D eigenvalue weighted by Gasteiger charge is -2.28. The van der Waals surface area contributed by atoms with Gasteiger partial charge in [-0.3, -0.25) is 19.7 Å². The average molecular weight is 481 g/mol. The number of carbonyl (C=O) groups is 3. The molecule has 0 bridgehead atoms. The van der Waals surface area contributed by atoms with Gasteiger partial charge in [-0.25, -0.2) is 0 Å². The summed E-state index contributed by atoms with van der Waals surface area (Å²) >= 11 is 0. The molecule has 2 fully saturated rings. The van der Waals surface area contributed by atoms with Crippen LogP contribution in [0.2, 0.25) is 0 Å². The van der Waals surface area contributed by atoms with Gasteiger partial charge in [0.1, 0.15) is 18.0 Å². The highest BCUT2D eigenvalue weighted by atomic mass is 16.3. The number of para-hydroxylation sites is 1. The summed E-state index contributed by atoms with van der Waals surface area (Å²) in [7, 11) is 0. The first-order valence-electron chi connectivity index (χ1n) is 12.7. The second-order valence-electron chi connectivity index (χ2n) is 9.89. The third-order valence-corrected chi connectivity index (χ3v) is 7.40. The van der Waals surface area contributed by atoms with E-state index in [-0.39, 0.29) is 23.5 Å². The zero-order chi connectivity index (χ0) is 24.8. The molecule has 8 heteroatoms. The molecule has 5 N–H and O–H groups in total. The summed E-state index contributed by atoms with van der Waals surface area (Å²) in [6.07, 6.45) is 7.58. The summed E-state index contributed by atoms with van der Waals surface area (Å²) in [4.78, 5) is 42.3. The van der Waals surface area contributed by atoms with E-state index in [2.05, 4.69) is 27.5 Å². The molecule has 2 aliphatic rings. The molecule has 1 aromatic heterocycles. The second kappa shape index (κ2) is 11.6. The van der Waals surface area contributed by atoms with Crippen LogP contribution < -0.4 is 16.0 Å². The Hall–Kier alpha value is -2.97. The highest BCUT2D eigenvalue weighted by Crippen LogP contribution is 2.28. The van der Waals surface area contributed by atoms with E-state index in [0.717, 1.165) is 43.0 Å². The Kier molecular flexibility index (Phi) is 8.36. The number of amides is 2. The number of aliphatic hydroxyl groups is 1. The number of H-pyrrole nitrogens is 1. The van der Waals surface area contributed by atoms with Crippen molar-refractivity contribution < 1.29 is 19.5 Å². The Bertz CT molecular complexity index is 1030. The molecule has 4 rings (SSSR count). The van der Waals surface area contributed by atoms with Crippen molar-refractivity contribution in [3.05, 3.63) is 48.7 Å². The number of nitrogens with one attached hydrogen (secondary N) is 4. The second-order valence-corrected chi connectivity index (χ2v) is 9.89. The lowest BCUT2D eigenvalue weighted by atomic mass is 9.84. The van der Waals surface area contributed by atoms with Crippen LogP contribution in [0.15, 0.2) is 43.0 Å². The number of fused-ring (bicyclic) bond motifs is 1. The largest absolute Gasteiger partial charge is 0.378 e. The summed E-state index contributed by atoms with van der Waals surface area (Å²) in [6, 6.07) is 7.85. The third-order valence-electron chi connectivity index (χ3n) is 7.40. The molecule has 0 radical (unpaired) electrons. The molecule has 0 spiro atoms. The van der Waals surface area contributed by atoms with Crippen molar-refractivity contribution in [3.8, 4) is 0 Å². The molecule has 1 saturated carbocycles. The van der Waals surface area contributed by atoms with E-state index in [1.807, 2.05) is 24.3 Å². The van der Waals surface area contributed by atoms with Crippen molar-refractivity contribution in [1.29, 1.82) is 0 Å². The summed E-state index contributed by atoms with van der Waals surface area (Å²) in [5, 5.41) is 19.8. The van der Waals surface area contributed by atoms with E-state index in [4.69, 9.17) is 0 Å². The molecule has 1 aromatic carbocycles. The Morgan fingerprint density at radius 1 is 1.06 bits per heavy atom. The zero-order valence-corrected chi connectivity index (χ0v) is 20.1. The highest BCUT2D eigenvalue weighted by molar-refractivity contribution is 6.01. The summed E-state index contributed by atoms with van der Waals surface area (Å²) in [5.41, 5.74) is 1.25. The van der Waals surface area contributed by atoms with Crippen LogP contribution in [0, 0.1) is 11.8 Å². The maximum absolute atomic E-state index is 13.4. The number of hydrogen-bond acceptors (Lipinski definition) is 5. The predicted molar refractivity (Wildman–Crippen MR) is 135 cm³/mol. The van der Waals surface area contributed by atoms with Crippen LogP contribution in [0.1, 0.15) is 61.9 Å². The summed E-state index contributed by atoms with van der Waals surface area (Å²) in [6.45, 7) is 4.24. The minimum Gasteiger partial charge on any atom is -0.378 e. The van der Waals surface area contributed by atoms with E-state index < -0.39 is 18.3 Å². The molecule has 4 atom stereocenters. The number of carbonyl (C=O) groups excluding carboxylic acids is 3. The standard InChI is InChI=1S/C27H36N4O4/c1-2-24(32)21(16-19-12-13-28-25(19)33)30-26(34)22(14-17-8-4-3-5-9-17)31-27(35)23-15-18-10-6-7-11-20(18)29-23/h2,6-7,10-11,15,17,19,21-22,25,28-29,33H,1,3-5,8-9,12-14,16H2,(H,30,34)(H,31,35)/t19-,21-,22-,25?/m0/s1. The molecule has 188 valence electrons. The first-order valence-corrected chi connectivity index (χ1v) is 12.7. The first kappa shape index (κ1) is 25.1. The molecular weight excluding hydrogens is 444 g/mol. The lowest BCUT2D eigenvalue weighted by molar-refractivity contribution is -0.128. The van der Waals surface area contributed by atoms with E-state index in [0.29, 0.717) is 31.0 Å². The van der Waals surface area contributed by atoms with Crippen LogP contribution in [0.25, 0.3) is 10.9 Å². The van der Waals surface area contributed by atoms with Gasteiger partial charge in [-0.05, 0) is 49.9 Å². The minimum atomic E-state index is -0.793. The molecule has 8 nitrogen and oxygen atoms in total. The van der Waals surface area contributed by atoms with Crippen molar-refractivity contribution in [3.63, 3.8) is 0 Å². The smallest absolute Gasteiger partial charge is 0.268 e. The Balaban J connectivity index is 1.49. The van der Waals surface area contributed by atoms with Crippen molar-refractivity contribution in [2.24, 2.45) is 11.8 Å². The van der Waals surface area contributed by atoms with E-state index >= 15 is 0 Å². The molecule has 1 aliphatic heterocycles. The maximum Gasteiger partial charge on any atom is 0.268 e. The summed E-state index contributed by atoms with van der Waals surface area (Å²) in [5.74, 6) is -0.811. The molecule has 2 aromatic rings. The number of aliphatic hydroxyl groups excluding tert-OH is 1. The fraction of sp³-hybridized carbons (Fsp3) is 0.519. The Morgan fingerprint density at radius 3 is 2.51 bits per heavy atom. The first-order chi connectivity index (χ1) is 16.9. The molecule has 2 heterocycles. The SMILES string of the molecule is C=CC(=O)[C@H](C[C@@H]1CCNC1O)NC(=O)[C@H](CC1CCCCC1)NC(=O)c1cc2ccccc2[nH]1. The van der Waals surface area contributed by atoms with Crippen LogP contribution >= 0.6 is 0 Å². The van der Waals surface area contributed by atoms with E-state index in [1.165, 1.54) is 12.5 Å². The minimum absolute atomic E-state index is 0.137. The monoisotopic (exact) mass is 480 g/mol. The molecule has 1 saturated heterocycles. The number of ketones is 1. The van der Waals surface area contributed by atoms with Crippen LogP contribution in [0.4, 0.5) is 0 Å². The highest BCUT2D eigenvalue weighted by Gasteiger charge is 2.33. The van der Waals surface area contributed by atoms with Gasteiger partial charge in [-0.15, -0.1) is 0 Å². The van der Waals surface area contributed by atoms with Gasteiger partial charge in [0, 0.05) is 16.8 Å². The topological polar surface area (TPSA) is 123 Å². The fourth-order valence-electron chi connectivity index (χ4n) is 5.37. The number of rotatable bonds is 10. The average Bonchev–Trinajstić information content (AvgIpc) is 3.49. The van der Waals surface area contributed by atoms with Gasteiger partial charge in [0.05, 0.1) is 6.04 Å². The van der Waals surface area contributed by atoms with Crippen LogP contribution in [-0.4, -0.2) is 52.5 Å². The van der Waals surface area contributed by atoms with Gasteiger partial charge < -0.3 is 20.7 Å². The van der Waals surface area contributed by atoms with Gasteiger partial charge in [0.15, 0.2) is 5.78 Å². The molecule has 1 aliphatic carbocycles. The number of hydrogen-bond donors (Lipinski definition) is 5. The molecule has 35 heavy (non-hydrogen) atoms. The van der Waals surface area contributed by atoms with Crippen LogP contribution in [-0.2, 0) is 9.59 Å². The lowest BCUT2D eigenvalue weighted by Crippen LogP contribution is -2.52. The summed E-state index contributed by atoms with van der Waals surface area (Å²) < 4.78 is 0. The van der Waals surface area contributed by atoms with Crippen LogP contribution in [0.3, 0.4) is 0 Å². The molecule has 2 amide bonds. The fourth-order valence-corrected chi connectivity index (χ4v) is 5.37. The van der Waals surface area contributed by atoms with Gasteiger partial charge in [0.25, 0.3) is 5.91 Å². The van der Waals surface area contributed by atoms with Crippen LogP contribution in [0.5, 0.6) is 0 Å². The van der Waals surface area contributed by atoms with Gasteiger partial charge >= 0.3 is 0 Å². The van der Waals surface area contributed by atoms with E-state index in [9.17, 15) is 19.5 Å².